The largest absolute Gasteiger partial charge is 0.313 e. The van der Waals surface area contributed by atoms with Crippen LogP contribution in [-0.4, -0.2) is 18.1 Å². The Morgan fingerprint density at radius 2 is 1.79 bits per heavy atom. The summed E-state index contributed by atoms with van der Waals surface area (Å²) in [7, 11) is 0. The molecule has 2 heterocycles. The van der Waals surface area contributed by atoms with Crippen molar-refractivity contribution in [3.05, 3.63) is 58.8 Å². The molecule has 0 atom stereocenters. The van der Waals surface area contributed by atoms with E-state index >= 15 is 0 Å². The van der Waals surface area contributed by atoms with Gasteiger partial charge in [-0.3, -0.25) is 4.98 Å². The molecule has 0 radical (unpaired) electrons. The molecule has 0 unspecified atom stereocenters. The average molecular weight is 315 g/mol. The summed E-state index contributed by atoms with van der Waals surface area (Å²) in [6.45, 7) is 1.99. The van der Waals surface area contributed by atoms with E-state index in [2.05, 4.69) is 68.7 Å². The van der Waals surface area contributed by atoms with E-state index in [1.165, 1.54) is 11.1 Å². The van der Waals surface area contributed by atoms with Crippen LogP contribution in [0.1, 0.15) is 12.1 Å². The van der Waals surface area contributed by atoms with Crippen molar-refractivity contribution in [2.75, 3.05) is 13.1 Å². The Labute approximate surface area is 121 Å². The Balaban J connectivity index is 1.86. The molecule has 0 aliphatic carbocycles. The molecule has 0 spiro atoms. The topological polar surface area (TPSA) is 24.9 Å². The fourth-order valence-electron chi connectivity index (χ4n) is 2.25. The van der Waals surface area contributed by atoms with E-state index in [9.17, 15) is 0 Å². The summed E-state index contributed by atoms with van der Waals surface area (Å²) >= 11 is 3.45. The minimum absolute atomic E-state index is 0.950. The number of halogens is 1. The molecule has 19 heavy (non-hydrogen) atoms. The van der Waals surface area contributed by atoms with Gasteiger partial charge in [-0.05, 0) is 42.3 Å². The molecule has 0 saturated carbocycles. The van der Waals surface area contributed by atoms with Crippen molar-refractivity contribution in [3.8, 4) is 11.1 Å². The van der Waals surface area contributed by atoms with Crippen molar-refractivity contribution in [2.24, 2.45) is 0 Å². The zero-order valence-corrected chi connectivity index (χ0v) is 12.2. The lowest BCUT2D eigenvalue weighted by Crippen LogP contribution is -2.20. The second-order valence-corrected chi connectivity index (χ2v) is 5.54. The predicted octanol–water partition coefficient (Wildman–Crippen LogP) is 3.89. The SMILES string of the molecule is Brc1ccc(-c2ccc(C3=CCNCC3)nc2)cc1. The molecule has 1 aliphatic rings. The molecule has 2 aromatic rings. The number of hydrogen-bond acceptors (Lipinski definition) is 2. The van der Waals surface area contributed by atoms with Crippen molar-refractivity contribution >= 4 is 21.5 Å². The van der Waals surface area contributed by atoms with Crippen LogP contribution in [0.25, 0.3) is 16.7 Å². The first kappa shape index (κ1) is 12.6. The lowest BCUT2D eigenvalue weighted by Gasteiger charge is -2.13. The predicted molar refractivity (Wildman–Crippen MR) is 82.8 cm³/mol. The van der Waals surface area contributed by atoms with Crippen LogP contribution in [0.15, 0.2) is 53.1 Å². The summed E-state index contributed by atoms with van der Waals surface area (Å²) in [6, 6.07) is 12.6. The number of nitrogens with one attached hydrogen (secondary N) is 1. The van der Waals surface area contributed by atoms with Crippen LogP contribution in [0.4, 0.5) is 0 Å². The molecular weight excluding hydrogens is 300 g/mol. The molecule has 1 aliphatic heterocycles. The van der Waals surface area contributed by atoms with Crippen LogP contribution in [0, 0.1) is 0 Å². The third kappa shape index (κ3) is 2.94. The average Bonchev–Trinajstić information content (AvgIpc) is 2.49. The Hall–Kier alpha value is -1.45. The Bertz CT molecular complexity index is 585. The monoisotopic (exact) mass is 314 g/mol. The van der Waals surface area contributed by atoms with Gasteiger partial charge in [-0.25, -0.2) is 0 Å². The van der Waals surface area contributed by atoms with Gasteiger partial charge in [0, 0.05) is 22.8 Å². The molecule has 1 aromatic heterocycles. The number of pyridine rings is 1. The van der Waals surface area contributed by atoms with Gasteiger partial charge in [0.25, 0.3) is 0 Å². The molecule has 1 aromatic carbocycles. The van der Waals surface area contributed by atoms with E-state index in [4.69, 9.17) is 0 Å². The van der Waals surface area contributed by atoms with Crippen molar-refractivity contribution in [1.29, 1.82) is 0 Å². The molecule has 1 N–H and O–H groups in total. The normalized spacial score (nSPS) is 15.1. The van der Waals surface area contributed by atoms with Gasteiger partial charge >= 0.3 is 0 Å². The molecule has 3 heteroatoms. The van der Waals surface area contributed by atoms with E-state index in [1.807, 2.05) is 6.20 Å². The van der Waals surface area contributed by atoms with Gasteiger partial charge in [-0.15, -0.1) is 0 Å². The number of benzene rings is 1. The highest BCUT2D eigenvalue weighted by molar-refractivity contribution is 9.10. The minimum Gasteiger partial charge on any atom is -0.313 e. The van der Waals surface area contributed by atoms with Crippen LogP contribution >= 0.6 is 15.9 Å². The number of aromatic nitrogens is 1. The fraction of sp³-hybridized carbons (Fsp3) is 0.188. The number of nitrogens with zero attached hydrogens (tertiary/aromatic N) is 1. The van der Waals surface area contributed by atoms with Crippen LogP contribution < -0.4 is 5.32 Å². The van der Waals surface area contributed by atoms with Gasteiger partial charge in [-0.1, -0.05) is 40.2 Å². The summed E-state index contributed by atoms with van der Waals surface area (Å²) in [5.41, 5.74) is 4.80. The van der Waals surface area contributed by atoms with E-state index in [1.54, 1.807) is 0 Å². The van der Waals surface area contributed by atoms with Gasteiger partial charge in [-0.2, -0.15) is 0 Å². The maximum atomic E-state index is 4.59. The zero-order chi connectivity index (χ0) is 13.1. The maximum absolute atomic E-state index is 4.59. The molecule has 0 amide bonds. The molecule has 0 fully saturated rings. The highest BCUT2D eigenvalue weighted by Crippen LogP contribution is 2.23. The molecule has 96 valence electrons. The molecular formula is C16H15BrN2. The first-order valence-electron chi connectivity index (χ1n) is 6.45. The summed E-state index contributed by atoms with van der Waals surface area (Å²) in [4.78, 5) is 4.59. The van der Waals surface area contributed by atoms with Gasteiger partial charge in [0.05, 0.1) is 5.69 Å². The lowest BCUT2D eigenvalue weighted by molar-refractivity contribution is 0.737. The Morgan fingerprint density at radius 1 is 1.00 bits per heavy atom. The van der Waals surface area contributed by atoms with E-state index in [0.29, 0.717) is 0 Å². The van der Waals surface area contributed by atoms with Gasteiger partial charge in [0.15, 0.2) is 0 Å². The molecule has 2 nitrogen and oxygen atoms in total. The van der Waals surface area contributed by atoms with E-state index in [-0.39, 0.29) is 0 Å². The lowest BCUT2D eigenvalue weighted by atomic mass is 10.0. The quantitative estimate of drug-likeness (QED) is 0.909. The maximum Gasteiger partial charge on any atom is 0.0659 e. The molecule has 0 saturated heterocycles. The van der Waals surface area contributed by atoms with Crippen molar-refractivity contribution in [1.82, 2.24) is 10.3 Å². The first-order chi connectivity index (χ1) is 9.33. The van der Waals surface area contributed by atoms with Crippen LogP contribution in [0.3, 0.4) is 0 Å². The number of rotatable bonds is 2. The molecule has 3 rings (SSSR count). The van der Waals surface area contributed by atoms with E-state index in [0.717, 1.165) is 35.2 Å². The summed E-state index contributed by atoms with van der Waals surface area (Å²) in [6.07, 6.45) is 5.25. The third-order valence-electron chi connectivity index (χ3n) is 3.33. The second-order valence-electron chi connectivity index (χ2n) is 4.62. The Morgan fingerprint density at radius 3 is 2.42 bits per heavy atom. The van der Waals surface area contributed by atoms with Crippen LogP contribution in [-0.2, 0) is 0 Å². The number of hydrogen-bond donors (Lipinski definition) is 1. The van der Waals surface area contributed by atoms with Gasteiger partial charge < -0.3 is 5.32 Å². The van der Waals surface area contributed by atoms with Crippen LogP contribution in [0.2, 0.25) is 0 Å². The van der Waals surface area contributed by atoms with Gasteiger partial charge in [0.1, 0.15) is 0 Å². The minimum atomic E-state index is 0.950. The van der Waals surface area contributed by atoms with E-state index < -0.39 is 0 Å². The standard InChI is InChI=1S/C16H15BrN2/c17-15-4-1-12(2-5-15)14-3-6-16(19-11-14)13-7-9-18-10-8-13/h1-7,11,18H,8-10H2. The zero-order valence-electron chi connectivity index (χ0n) is 10.6. The highest BCUT2D eigenvalue weighted by Gasteiger charge is 2.07. The van der Waals surface area contributed by atoms with Crippen molar-refractivity contribution < 1.29 is 0 Å². The third-order valence-corrected chi connectivity index (χ3v) is 3.86. The second kappa shape index (κ2) is 5.68. The van der Waals surface area contributed by atoms with Crippen molar-refractivity contribution in [2.45, 2.75) is 6.42 Å². The summed E-state index contributed by atoms with van der Waals surface area (Å²) in [5, 5.41) is 3.32. The van der Waals surface area contributed by atoms with Crippen LogP contribution in [0.5, 0.6) is 0 Å². The summed E-state index contributed by atoms with van der Waals surface area (Å²) < 4.78 is 1.10. The smallest absolute Gasteiger partial charge is 0.0659 e. The van der Waals surface area contributed by atoms with Gasteiger partial charge in [0.2, 0.25) is 0 Å². The highest BCUT2D eigenvalue weighted by atomic mass is 79.9. The Kier molecular flexibility index (Phi) is 3.76. The first-order valence-corrected chi connectivity index (χ1v) is 7.24. The fourth-order valence-corrected chi connectivity index (χ4v) is 2.52. The molecule has 0 bridgehead atoms. The summed E-state index contributed by atoms with van der Waals surface area (Å²) in [5.74, 6) is 0. The van der Waals surface area contributed by atoms with Crippen molar-refractivity contribution in [3.63, 3.8) is 0 Å².